The van der Waals surface area contributed by atoms with Crippen LogP contribution >= 0.6 is 11.6 Å². The molecule has 1 aromatic rings. The molecule has 1 aliphatic heterocycles. The van der Waals surface area contributed by atoms with Crippen molar-refractivity contribution in [2.45, 2.75) is 19.4 Å². The summed E-state index contributed by atoms with van der Waals surface area (Å²) in [7, 11) is 0. The Morgan fingerprint density at radius 3 is 3.00 bits per heavy atom. The first-order chi connectivity index (χ1) is 8.13. The molecule has 1 aromatic carbocycles. The molecule has 2 atom stereocenters. The largest absolute Gasteiger partial charge is 0.394 e. The Balaban J connectivity index is 2.20. The molecule has 92 valence electrons. The third-order valence-corrected chi connectivity index (χ3v) is 3.64. The molecule has 0 radical (unpaired) electrons. The first-order valence-electron chi connectivity index (χ1n) is 5.81. The highest BCUT2D eigenvalue weighted by Crippen LogP contribution is 2.25. The van der Waals surface area contributed by atoms with Crippen LogP contribution in [0.3, 0.4) is 0 Å². The van der Waals surface area contributed by atoms with Gasteiger partial charge in [-0.05, 0) is 30.5 Å². The number of aliphatic hydroxyl groups is 1. The molecule has 0 saturated carbocycles. The molecule has 2 rings (SSSR count). The Morgan fingerprint density at radius 1 is 1.59 bits per heavy atom. The molecule has 2 unspecified atom stereocenters. The minimum atomic E-state index is -0.0681. The van der Waals surface area contributed by atoms with Crippen LogP contribution in [0.1, 0.15) is 23.7 Å². The monoisotopic (exact) mass is 253 g/mol. The van der Waals surface area contributed by atoms with Gasteiger partial charge in [-0.3, -0.25) is 4.79 Å². The summed E-state index contributed by atoms with van der Waals surface area (Å²) >= 11 is 5.87. The summed E-state index contributed by atoms with van der Waals surface area (Å²) in [4.78, 5) is 14.0. The lowest BCUT2D eigenvalue weighted by Crippen LogP contribution is -2.39. The van der Waals surface area contributed by atoms with Gasteiger partial charge < -0.3 is 10.0 Å². The summed E-state index contributed by atoms with van der Waals surface area (Å²) in [6, 6.07) is 6.87. The van der Waals surface area contributed by atoms with Crippen molar-refractivity contribution in [1.29, 1.82) is 0 Å². The minimum Gasteiger partial charge on any atom is -0.394 e. The van der Waals surface area contributed by atoms with Crippen molar-refractivity contribution in [2.24, 2.45) is 5.92 Å². The highest BCUT2D eigenvalue weighted by atomic mass is 35.5. The lowest BCUT2D eigenvalue weighted by atomic mass is 10.0. The average Bonchev–Trinajstić information content (AvgIpc) is 2.69. The van der Waals surface area contributed by atoms with Crippen LogP contribution in [0.2, 0.25) is 5.02 Å². The molecule has 4 heteroatoms. The topological polar surface area (TPSA) is 40.5 Å². The SMILES string of the molecule is CC1CCN(C(=O)c2cccc(Cl)c2)C1CO. The molecule has 1 aliphatic rings. The van der Waals surface area contributed by atoms with Crippen molar-refractivity contribution in [1.82, 2.24) is 4.90 Å². The van der Waals surface area contributed by atoms with E-state index in [9.17, 15) is 9.90 Å². The fourth-order valence-electron chi connectivity index (χ4n) is 2.33. The number of halogens is 1. The van der Waals surface area contributed by atoms with E-state index in [0.717, 1.165) is 6.42 Å². The van der Waals surface area contributed by atoms with Crippen LogP contribution in [0.4, 0.5) is 0 Å². The molecular formula is C13H16ClNO2. The highest BCUT2D eigenvalue weighted by molar-refractivity contribution is 6.30. The van der Waals surface area contributed by atoms with Gasteiger partial charge in [-0.1, -0.05) is 24.6 Å². The second-order valence-corrected chi connectivity index (χ2v) is 4.96. The van der Waals surface area contributed by atoms with Crippen molar-refractivity contribution >= 4 is 17.5 Å². The van der Waals surface area contributed by atoms with Crippen LogP contribution in [0.15, 0.2) is 24.3 Å². The summed E-state index contributed by atoms with van der Waals surface area (Å²) in [6.45, 7) is 2.79. The maximum atomic E-state index is 12.3. The van der Waals surface area contributed by atoms with Crippen LogP contribution < -0.4 is 0 Å². The van der Waals surface area contributed by atoms with Gasteiger partial charge in [-0.2, -0.15) is 0 Å². The Hall–Kier alpha value is -1.06. The summed E-state index contributed by atoms with van der Waals surface area (Å²) in [5, 5.41) is 9.90. The van der Waals surface area contributed by atoms with Crippen LogP contribution in [-0.4, -0.2) is 35.1 Å². The van der Waals surface area contributed by atoms with Crippen LogP contribution in [0.5, 0.6) is 0 Å². The quantitative estimate of drug-likeness (QED) is 0.878. The lowest BCUT2D eigenvalue weighted by molar-refractivity contribution is 0.0648. The Morgan fingerprint density at radius 2 is 2.35 bits per heavy atom. The van der Waals surface area contributed by atoms with E-state index in [1.165, 1.54) is 0 Å². The van der Waals surface area contributed by atoms with Gasteiger partial charge in [0, 0.05) is 17.1 Å². The molecular weight excluding hydrogens is 238 g/mol. The number of hydrogen-bond donors (Lipinski definition) is 1. The number of rotatable bonds is 2. The van der Waals surface area contributed by atoms with E-state index in [-0.39, 0.29) is 18.6 Å². The van der Waals surface area contributed by atoms with Crippen molar-refractivity contribution < 1.29 is 9.90 Å². The fourth-order valence-corrected chi connectivity index (χ4v) is 2.52. The minimum absolute atomic E-state index is 0.0213. The number of nitrogens with zero attached hydrogens (tertiary/aromatic N) is 1. The first kappa shape index (κ1) is 12.4. The van der Waals surface area contributed by atoms with Gasteiger partial charge in [0.2, 0.25) is 0 Å². The van der Waals surface area contributed by atoms with E-state index in [1.807, 2.05) is 0 Å². The zero-order valence-electron chi connectivity index (χ0n) is 9.77. The lowest BCUT2D eigenvalue weighted by Gasteiger charge is -2.25. The third-order valence-electron chi connectivity index (χ3n) is 3.40. The molecule has 1 fully saturated rings. The number of benzene rings is 1. The van der Waals surface area contributed by atoms with Gasteiger partial charge in [0.15, 0.2) is 0 Å². The number of aliphatic hydroxyl groups excluding tert-OH is 1. The van der Waals surface area contributed by atoms with Crippen molar-refractivity contribution in [3.8, 4) is 0 Å². The normalized spacial score (nSPS) is 24.1. The molecule has 1 amide bonds. The predicted molar refractivity (Wildman–Crippen MR) is 67.1 cm³/mol. The first-order valence-corrected chi connectivity index (χ1v) is 6.18. The van der Waals surface area contributed by atoms with Crippen LogP contribution in [-0.2, 0) is 0 Å². The van der Waals surface area contributed by atoms with Gasteiger partial charge in [0.1, 0.15) is 0 Å². The Labute approximate surface area is 106 Å². The second kappa shape index (κ2) is 5.07. The Bertz CT molecular complexity index is 422. The highest BCUT2D eigenvalue weighted by Gasteiger charge is 2.34. The third kappa shape index (κ3) is 2.45. The maximum absolute atomic E-state index is 12.3. The number of carbonyl (C=O) groups is 1. The van der Waals surface area contributed by atoms with Gasteiger partial charge in [-0.25, -0.2) is 0 Å². The van der Waals surface area contributed by atoms with Gasteiger partial charge >= 0.3 is 0 Å². The van der Waals surface area contributed by atoms with Gasteiger partial charge in [-0.15, -0.1) is 0 Å². The number of likely N-dealkylation sites (tertiary alicyclic amines) is 1. The molecule has 1 N–H and O–H groups in total. The summed E-state index contributed by atoms with van der Waals surface area (Å²) in [5.41, 5.74) is 0.588. The molecule has 1 heterocycles. The molecule has 3 nitrogen and oxygen atoms in total. The number of hydrogen-bond acceptors (Lipinski definition) is 2. The summed E-state index contributed by atoms with van der Waals surface area (Å²) in [5.74, 6) is 0.305. The fraction of sp³-hybridized carbons (Fsp3) is 0.462. The van der Waals surface area contributed by atoms with E-state index >= 15 is 0 Å². The zero-order chi connectivity index (χ0) is 12.4. The van der Waals surface area contributed by atoms with E-state index in [2.05, 4.69) is 6.92 Å². The number of amides is 1. The van der Waals surface area contributed by atoms with Gasteiger partial charge in [0.25, 0.3) is 5.91 Å². The average molecular weight is 254 g/mol. The van der Waals surface area contributed by atoms with Crippen molar-refractivity contribution in [2.75, 3.05) is 13.2 Å². The predicted octanol–water partition coefficient (Wildman–Crippen LogP) is 2.18. The second-order valence-electron chi connectivity index (χ2n) is 4.52. The Kier molecular flexibility index (Phi) is 3.69. The maximum Gasteiger partial charge on any atom is 0.254 e. The van der Waals surface area contributed by atoms with E-state index in [0.29, 0.717) is 23.0 Å². The van der Waals surface area contributed by atoms with Crippen molar-refractivity contribution in [3.63, 3.8) is 0 Å². The van der Waals surface area contributed by atoms with E-state index in [1.54, 1.807) is 29.2 Å². The molecule has 0 spiro atoms. The van der Waals surface area contributed by atoms with Crippen LogP contribution in [0, 0.1) is 5.92 Å². The number of carbonyl (C=O) groups excluding carboxylic acids is 1. The zero-order valence-corrected chi connectivity index (χ0v) is 10.5. The smallest absolute Gasteiger partial charge is 0.254 e. The summed E-state index contributed by atoms with van der Waals surface area (Å²) in [6.07, 6.45) is 0.942. The van der Waals surface area contributed by atoms with E-state index in [4.69, 9.17) is 11.6 Å². The molecule has 17 heavy (non-hydrogen) atoms. The molecule has 1 saturated heterocycles. The van der Waals surface area contributed by atoms with E-state index < -0.39 is 0 Å². The summed E-state index contributed by atoms with van der Waals surface area (Å²) < 4.78 is 0. The van der Waals surface area contributed by atoms with Crippen LogP contribution in [0.25, 0.3) is 0 Å². The molecule has 0 bridgehead atoms. The van der Waals surface area contributed by atoms with Crippen molar-refractivity contribution in [3.05, 3.63) is 34.9 Å². The van der Waals surface area contributed by atoms with Gasteiger partial charge in [0.05, 0.1) is 12.6 Å². The molecule has 0 aromatic heterocycles. The standard InChI is InChI=1S/C13H16ClNO2/c1-9-5-6-15(12(9)8-16)13(17)10-3-2-4-11(14)7-10/h2-4,7,9,12,16H,5-6,8H2,1H3. The molecule has 0 aliphatic carbocycles.